The Balaban J connectivity index is 1.56. The van der Waals surface area contributed by atoms with Gasteiger partial charge in [0.15, 0.2) is 17.5 Å². The number of rotatable bonds is 4. The van der Waals surface area contributed by atoms with Gasteiger partial charge in [-0.25, -0.2) is 27.8 Å². The molecule has 3 aromatic heterocycles. The molecule has 0 saturated carbocycles. The second-order valence-corrected chi connectivity index (χ2v) is 6.72. The van der Waals surface area contributed by atoms with Crippen LogP contribution >= 0.6 is 11.3 Å². The molecule has 0 aliphatic heterocycles. The molecule has 0 radical (unpaired) electrons. The Kier molecular flexibility index (Phi) is 4.80. The van der Waals surface area contributed by atoms with Crippen LogP contribution in [0.2, 0.25) is 0 Å². The van der Waals surface area contributed by atoms with Gasteiger partial charge in [-0.2, -0.15) is 5.10 Å². The average Bonchev–Trinajstić information content (AvgIpc) is 3.35. The molecule has 29 heavy (non-hydrogen) atoms. The van der Waals surface area contributed by atoms with E-state index in [0.29, 0.717) is 34.2 Å². The standard InChI is InChI=1S/C18H11F3N6OS/c1-9-10(8-27(26-9)18-22-4-5-29-18)13-6-24-14(7-23-13)25-17(28)15-11(19)2-3-12(20)16(15)21/h2-8H,1H3,(H,24,25,28). The number of nitrogens with one attached hydrogen (secondary N) is 1. The number of carbonyl (C=O) groups excluding carboxylic acids is 1. The molecule has 0 saturated heterocycles. The summed E-state index contributed by atoms with van der Waals surface area (Å²) in [6.45, 7) is 1.80. The maximum atomic E-state index is 13.7. The van der Waals surface area contributed by atoms with Crippen LogP contribution < -0.4 is 5.32 Å². The summed E-state index contributed by atoms with van der Waals surface area (Å²) in [5, 5.41) is 9.09. The fourth-order valence-corrected chi connectivity index (χ4v) is 3.15. The van der Waals surface area contributed by atoms with Crippen LogP contribution in [0.5, 0.6) is 0 Å². The normalized spacial score (nSPS) is 10.9. The molecule has 0 aliphatic carbocycles. The summed E-state index contributed by atoms with van der Waals surface area (Å²) in [6.07, 6.45) is 6.01. The number of aryl methyl sites for hydroxylation is 1. The fourth-order valence-electron chi connectivity index (χ4n) is 2.58. The number of thiazole rings is 1. The van der Waals surface area contributed by atoms with Crippen LogP contribution in [0.4, 0.5) is 19.0 Å². The third kappa shape index (κ3) is 3.59. The minimum absolute atomic E-state index is 0.0493. The van der Waals surface area contributed by atoms with E-state index >= 15 is 0 Å². The van der Waals surface area contributed by atoms with E-state index in [0.717, 1.165) is 0 Å². The Labute approximate surface area is 165 Å². The summed E-state index contributed by atoms with van der Waals surface area (Å²) in [4.78, 5) is 24.5. The summed E-state index contributed by atoms with van der Waals surface area (Å²) in [5.74, 6) is -5.31. The van der Waals surface area contributed by atoms with Crippen LogP contribution in [0.3, 0.4) is 0 Å². The number of amides is 1. The van der Waals surface area contributed by atoms with Gasteiger partial charge >= 0.3 is 0 Å². The van der Waals surface area contributed by atoms with Crippen molar-refractivity contribution in [1.29, 1.82) is 0 Å². The van der Waals surface area contributed by atoms with Gasteiger partial charge < -0.3 is 5.32 Å². The van der Waals surface area contributed by atoms with Crippen LogP contribution in [0, 0.1) is 24.4 Å². The lowest BCUT2D eigenvalue weighted by atomic mass is 10.1. The molecular weight excluding hydrogens is 405 g/mol. The third-order valence-electron chi connectivity index (χ3n) is 3.95. The summed E-state index contributed by atoms with van der Waals surface area (Å²) >= 11 is 1.42. The highest BCUT2D eigenvalue weighted by molar-refractivity contribution is 7.12. The predicted octanol–water partition coefficient (Wildman–Crippen LogP) is 3.76. The number of nitrogens with zero attached hydrogens (tertiary/aromatic N) is 5. The highest BCUT2D eigenvalue weighted by Crippen LogP contribution is 2.23. The molecule has 0 spiro atoms. The van der Waals surface area contributed by atoms with E-state index in [1.54, 1.807) is 24.0 Å². The van der Waals surface area contributed by atoms with Crippen molar-refractivity contribution in [2.75, 3.05) is 5.32 Å². The van der Waals surface area contributed by atoms with Crippen molar-refractivity contribution < 1.29 is 18.0 Å². The van der Waals surface area contributed by atoms with Gasteiger partial charge in [0.25, 0.3) is 5.91 Å². The highest BCUT2D eigenvalue weighted by Gasteiger charge is 2.21. The van der Waals surface area contributed by atoms with E-state index in [9.17, 15) is 18.0 Å². The Bertz CT molecular complexity index is 1190. The molecule has 4 aromatic rings. The molecule has 0 bridgehead atoms. The van der Waals surface area contributed by atoms with Crippen LogP contribution in [0.25, 0.3) is 16.4 Å². The van der Waals surface area contributed by atoms with Crippen LogP contribution in [0.15, 0.2) is 42.3 Å². The number of aromatic nitrogens is 5. The zero-order valence-electron chi connectivity index (χ0n) is 14.7. The number of halogens is 3. The van der Waals surface area contributed by atoms with Crippen molar-refractivity contribution in [1.82, 2.24) is 24.7 Å². The lowest BCUT2D eigenvalue weighted by Crippen LogP contribution is -2.17. The van der Waals surface area contributed by atoms with Gasteiger partial charge in [-0.15, -0.1) is 11.3 Å². The number of hydrogen-bond acceptors (Lipinski definition) is 6. The van der Waals surface area contributed by atoms with Crippen molar-refractivity contribution >= 4 is 23.1 Å². The largest absolute Gasteiger partial charge is 0.305 e. The van der Waals surface area contributed by atoms with E-state index in [2.05, 4.69) is 25.4 Å². The highest BCUT2D eigenvalue weighted by atomic mass is 32.1. The number of carbonyl (C=O) groups is 1. The molecule has 146 valence electrons. The first-order chi connectivity index (χ1) is 13.9. The SMILES string of the molecule is Cc1nn(-c2nccs2)cc1-c1cnc(NC(=O)c2c(F)ccc(F)c2F)cn1. The van der Waals surface area contributed by atoms with Gasteiger partial charge in [-0.3, -0.25) is 9.78 Å². The minimum atomic E-state index is -1.57. The fraction of sp³-hybridized carbons (Fsp3) is 0.0556. The number of benzene rings is 1. The van der Waals surface area contributed by atoms with Gasteiger partial charge in [0.1, 0.15) is 11.4 Å². The first-order valence-electron chi connectivity index (χ1n) is 8.17. The molecule has 0 atom stereocenters. The van der Waals surface area contributed by atoms with Crippen LogP contribution in [0.1, 0.15) is 16.1 Å². The maximum absolute atomic E-state index is 13.7. The first kappa shape index (κ1) is 18.7. The molecule has 1 aromatic carbocycles. The molecule has 0 aliphatic rings. The van der Waals surface area contributed by atoms with Crippen molar-refractivity contribution in [2.45, 2.75) is 6.92 Å². The molecule has 7 nitrogen and oxygen atoms in total. The molecule has 11 heteroatoms. The summed E-state index contributed by atoms with van der Waals surface area (Å²) < 4.78 is 42.3. The molecule has 1 N–H and O–H groups in total. The lowest BCUT2D eigenvalue weighted by molar-refractivity contribution is 0.101. The summed E-state index contributed by atoms with van der Waals surface area (Å²) in [6, 6.07) is 1.27. The first-order valence-corrected chi connectivity index (χ1v) is 9.05. The zero-order chi connectivity index (χ0) is 20.5. The molecule has 3 heterocycles. The number of anilines is 1. The Hall–Kier alpha value is -3.60. The van der Waals surface area contributed by atoms with Crippen molar-refractivity contribution in [3.8, 4) is 16.4 Å². The van der Waals surface area contributed by atoms with E-state index in [4.69, 9.17) is 0 Å². The van der Waals surface area contributed by atoms with Gasteiger partial charge in [-0.1, -0.05) is 0 Å². The molecule has 1 amide bonds. The van der Waals surface area contributed by atoms with Gasteiger partial charge in [0.2, 0.25) is 5.13 Å². The quantitative estimate of drug-likeness (QED) is 0.512. The third-order valence-corrected chi connectivity index (χ3v) is 4.72. The molecule has 4 rings (SSSR count). The molecule has 0 fully saturated rings. The minimum Gasteiger partial charge on any atom is -0.305 e. The lowest BCUT2D eigenvalue weighted by Gasteiger charge is -2.07. The van der Waals surface area contributed by atoms with Crippen molar-refractivity contribution in [3.05, 3.63) is 71.0 Å². The Morgan fingerprint density at radius 3 is 2.59 bits per heavy atom. The second kappa shape index (κ2) is 7.43. The van der Waals surface area contributed by atoms with Crippen LogP contribution in [-0.2, 0) is 0 Å². The monoisotopic (exact) mass is 416 g/mol. The zero-order valence-corrected chi connectivity index (χ0v) is 15.5. The molecule has 0 unspecified atom stereocenters. The van der Waals surface area contributed by atoms with Gasteiger partial charge in [-0.05, 0) is 19.1 Å². The Morgan fingerprint density at radius 2 is 1.90 bits per heavy atom. The topological polar surface area (TPSA) is 85.6 Å². The maximum Gasteiger partial charge on any atom is 0.262 e. The average molecular weight is 416 g/mol. The predicted molar refractivity (Wildman–Crippen MR) is 99.3 cm³/mol. The van der Waals surface area contributed by atoms with Gasteiger partial charge in [0.05, 0.1) is 23.8 Å². The Morgan fingerprint density at radius 1 is 1.10 bits per heavy atom. The van der Waals surface area contributed by atoms with E-state index in [1.807, 2.05) is 5.38 Å². The smallest absolute Gasteiger partial charge is 0.262 e. The van der Waals surface area contributed by atoms with Crippen molar-refractivity contribution in [2.24, 2.45) is 0 Å². The summed E-state index contributed by atoms with van der Waals surface area (Å²) in [7, 11) is 0. The van der Waals surface area contributed by atoms with Crippen LogP contribution in [-0.4, -0.2) is 30.6 Å². The van der Waals surface area contributed by atoms with E-state index in [-0.39, 0.29) is 5.82 Å². The second-order valence-electron chi connectivity index (χ2n) is 5.85. The molecular formula is C18H11F3N6OS. The number of hydrogen-bond donors (Lipinski definition) is 1. The van der Waals surface area contributed by atoms with Crippen molar-refractivity contribution in [3.63, 3.8) is 0 Å². The van der Waals surface area contributed by atoms with E-state index < -0.39 is 28.9 Å². The summed E-state index contributed by atoms with van der Waals surface area (Å²) in [5.41, 5.74) is 0.839. The van der Waals surface area contributed by atoms with E-state index in [1.165, 1.54) is 23.7 Å². The van der Waals surface area contributed by atoms with Gasteiger partial charge in [0, 0.05) is 23.3 Å².